The van der Waals surface area contributed by atoms with E-state index in [1.54, 1.807) is 21.9 Å². The lowest BCUT2D eigenvalue weighted by Crippen LogP contribution is -2.57. The Bertz CT molecular complexity index is 1090. The zero-order chi connectivity index (χ0) is 24.4. The Morgan fingerprint density at radius 1 is 0.829 bits per heavy atom. The highest BCUT2D eigenvalue weighted by molar-refractivity contribution is 5.97. The quantitative estimate of drug-likeness (QED) is 0.678. The number of para-hydroxylation sites is 1. The van der Waals surface area contributed by atoms with Gasteiger partial charge in [0.1, 0.15) is 17.9 Å². The topological polar surface area (TPSA) is 64.2 Å². The molecule has 1 spiro atoms. The van der Waals surface area contributed by atoms with Gasteiger partial charge in [-0.3, -0.25) is 14.4 Å². The van der Waals surface area contributed by atoms with Gasteiger partial charge in [-0.25, -0.2) is 4.39 Å². The highest BCUT2D eigenvalue weighted by Crippen LogP contribution is 2.39. The van der Waals surface area contributed by atoms with Crippen molar-refractivity contribution < 1.29 is 18.8 Å². The fraction of sp³-hybridized carbons (Fsp3) is 0.444. The summed E-state index contributed by atoms with van der Waals surface area (Å²) in [6.07, 6.45) is 4.00. The van der Waals surface area contributed by atoms with Gasteiger partial charge in [0.15, 0.2) is 0 Å². The summed E-state index contributed by atoms with van der Waals surface area (Å²) >= 11 is 0. The third-order valence-electron chi connectivity index (χ3n) is 7.60. The number of carbonyl (C=O) groups is 3. The van der Waals surface area contributed by atoms with Crippen LogP contribution in [0.5, 0.6) is 0 Å². The summed E-state index contributed by atoms with van der Waals surface area (Å²) in [6, 6.07) is 15.7. The molecule has 3 amide bonds. The fourth-order valence-corrected chi connectivity index (χ4v) is 5.61. The molecule has 0 atom stereocenters. The minimum Gasteiger partial charge on any atom is -0.341 e. The Hall–Kier alpha value is -3.42. The fourth-order valence-electron chi connectivity index (χ4n) is 5.61. The third kappa shape index (κ3) is 4.37. The molecule has 3 heterocycles. The first-order valence-electron chi connectivity index (χ1n) is 12.4. The molecule has 3 aliphatic rings. The van der Waals surface area contributed by atoms with Gasteiger partial charge < -0.3 is 19.6 Å². The molecule has 8 heteroatoms. The summed E-state index contributed by atoms with van der Waals surface area (Å²) in [5.41, 5.74) is 0.146. The van der Waals surface area contributed by atoms with Crippen LogP contribution in [0.15, 0.2) is 54.6 Å². The SMILES string of the molecule is O=C(CN1CN(c2ccccc2)C2(CCN(C(=O)c3ccccc3F)CC2)C1=O)N1CCCCC1. The molecule has 184 valence electrons. The van der Waals surface area contributed by atoms with Crippen molar-refractivity contribution in [3.63, 3.8) is 0 Å². The Balaban J connectivity index is 1.35. The van der Waals surface area contributed by atoms with Crippen molar-refractivity contribution in [2.24, 2.45) is 0 Å². The molecule has 0 saturated carbocycles. The molecule has 2 aromatic rings. The molecule has 7 nitrogen and oxygen atoms in total. The van der Waals surface area contributed by atoms with Gasteiger partial charge in [-0.2, -0.15) is 0 Å². The van der Waals surface area contributed by atoms with Gasteiger partial charge in [0.25, 0.3) is 11.8 Å². The molecule has 3 aliphatic heterocycles. The molecule has 2 aromatic carbocycles. The molecular formula is C27H31FN4O3. The number of carbonyl (C=O) groups excluding carboxylic acids is 3. The van der Waals surface area contributed by atoms with Gasteiger partial charge >= 0.3 is 0 Å². The summed E-state index contributed by atoms with van der Waals surface area (Å²) in [4.78, 5) is 47.0. The number of amides is 3. The second kappa shape index (κ2) is 9.68. The Kier molecular flexibility index (Phi) is 6.45. The number of nitrogens with zero attached hydrogens (tertiary/aromatic N) is 4. The molecule has 0 unspecified atom stereocenters. The first kappa shape index (κ1) is 23.3. The Morgan fingerprint density at radius 3 is 2.17 bits per heavy atom. The minimum absolute atomic E-state index is 0.00437. The van der Waals surface area contributed by atoms with Crippen molar-refractivity contribution in [2.45, 2.75) is 37.6 Å². The molecule has 0 radical (unpaired) electrons. The second-order valence-corrected chi connectivity index (χ2v) is 9.65. The van der Waals surface area contributed by atoms with Gasteiger partial charge in [-0.1, -0.05) is 30.3 Å². The molecule has 35 heavy (non-hydrogen) atoms. The number of rotatable bonds is 4. The molecular weight excluding hydrogens is 447 g/mol. The lowest BCUT2D eigenvalue weighted by Gasteiger charge is -2.43. The van der Waals surface area contributed by atoms with Crippen LogP contribution >= 0.6 is 0 Å². The van der Waals surface area contributed by atoms with Gasteiger partial charge in [0, 0.05) is 31.9 Å². The van der Waals surface area contributed by atoms with Crippen molar-refractivity contribution in [1.82, 2.24) is 14.7 Å². The van der Waals surface area contributed by atoms with E-state index in [1.165, 1.54) is 12.1 Å². The van der Waals surface area contributed by atoms with Crippen LogP contribution < -0.4 is 4.90 Å². The number of anilines is 1. The Morgan fingerprint density at radius 2 is 1.49 bits per heavy atom. The predicted octanol–water partition coefficient (Wildman–Crippen LogP) is 3.12. The molecule has 3 fully saturated rings. The van der Waals surface area contributed by atoms with E-state index in [1.807, 2.05) is 35.2 Å². The van der Waals surface area contributed by atoms with E-state index >= 15 is 0 Å². The zero-order valence-corrected chi connectivity index (χ0v) is 19.9. The van der Waals surface area contributed by atoms with Crippen LogP contribution in [-0.4, -0.2) is 77.4 Å². The highest BCUT2D eigenvalue weighted by atomic mass is 19.1. The van der Waals surface area contributed by atoms with Gasteiger partial charge in [0.05, 0.1) is 12.2 Å². The smallest absolute Gasteiger partial charge is 0.256 e. The number of halogens is 1. The van der Waals surface area contributed by atoms with Crippen LogP contribution in [0, 0.1) is 5.82 Å². The first-order valence-corrected chi connectivity index (χ1v) is 12.4. The van der Waals surface area contributed by atoms with Crippen LogP contribution in [-0.2, 0) is 9.59 Å². The first-order chi connectivity index (χ1) is 17.0. The Labute approximate surface area is 205 Å². The van der Waals surface area contributed by atoms with E-state index in [-0.39, 0.29) is 29.8 Å². The van der Waals surface area contributed by atoms with E-state index < -0.39 is 11.4 Å². The predicted molar refractivity (Wildman–Crippen MR) is 130 cm³/mol. The van der Waals surface area contributed by atoms with Gasteiger partial charge in [-0.15, -0.1) is 0 Å². The van der Waals surface area contributed by atoms with Crippen molar-refractivity contribution in [3.05, 3.63) is 66.0 Å². The van der Waals surface area contributed by atoms with Crippen LogP contribution in [0.3, 0.4) is 0 Å². The largest absolute Gasteiger partial charge is 0.341 e. The maximum atomic E-state index is 14.2. The number of benzene rings is 2. The van der Waals surface area contributed by atoms with Crippen molar-refractivity contribution in [2.75, 3.05) is 44.3 Å². The standard InChI is InChI=1S/C27H31FN4O3/c28-23-12-6-5-11-22(23)25(34)30-17-13-27(14-18-30)26(35)31(19-24(33)29-15-7-2-8-16-29)20-32(27)21-9-3-1-4-10-21/h1,3-6,9-12H,2,7-8,13-20H2. The van der Waals surface area contributed by atoms with Crippen LogP contribution in [0.1, 0.15) is 42.5 Å². The third-order valence-corrected chi connectivity index (χ3v) is 7.60. The number of hydrogen-bond donors (Lipinski definition) is 0. The van der Waals surface area contributed by atoms with E-state index in [0.29, 0.717) is 32.6 Å². The second-order valence-electron chi connectivity index (χ2n) is 9.65. The minimum atomic E-state index is -0.824. The normalized spacial score (nSPS) is 20.0. The highest BCUT2D eigenvalue weighted by Gasteiger charge is 2.54. The molecule has 0 aliphatic carbocycles. The van der Waals surface area contributed by atoms with Crippen molar-refractivity contribution >= 4 is 23.4 Å². The average molecular weight is 479 g/mol. The maximum absolute atomic E-state index is 14.2. The summed E-state index contributed by atoms with van der Waals surface area (Å²) in [5.74, 6) is -0.963. The summed E-state index contributed by atoms with van der Waals surface area (Å²) in [6.45, 7) is 2.60. The number of hydrogen-bond acceptors (Lipinski definition) is 4. The molecule has 3 saturated heterocycles. The van der Waals surface area contributed by atoms with Crippen molar-refractivity contribution in [3.8, 4) is 0 Å². The van der Waals surface area contributed by atoms with E-state index in [0.717, 1.165) is 38.0 Å². The van der Waals surface area contributed by atoms with Gasteiger partial charge in [-0.05, 0) is 56.4 Å². The lowest BCUT2D eigenvalue weighted by atomic mass is 9.85. The summed E-state index contributed by atoms with van der Waals surface area (Å²) in [7, 11) is 0. The summed E-state index contributed by atoms with van der Waals surface area (Å²) in [5, 5.41) is 0. The molecule has 0 bridgehead atoms. The average Bonchev–Trinajstić information content (AvgIpc) is 3.16. The van der Waals surface area contributed by atoms with E-state index in [9.17, 15) is 18.8 Å². The van der Waals surface area contributed by atoms with Crippen LogP contribution in [0.2, 0.25) is 0 Å². The molecule has 0 aromatic heterocycles. The lowest BCUT2D eigenvalue weighted by molar-refractivity contribution is -0.141. The number of piperidine rings is 2. The van der Waals surface area contributed by atoms with Crippen LogP contribution in [0.25, 0.3) is 0 Å². The van der Waals surface area contributed by atoms with E-state index in [4.69, 9.17) is 0 Å². The maximum Gasteiger partial charge on any atom is 0.256 e. The monoisotopic (exact) mass is 478 g/mol. The van der Waals surface area contributed by atoms with Gasteiger partial charge in [0.2, 0.25) is 5.91 Å². The summed E-state index contributed by atoms with van der Waals surface area (Å²) < 4.78 is 14.2. The molecule has 0 N–H and O–H groups in total. The van der Waals surface area contributed by atoms with Crippen molar-refractivity contribution in [1.29, 1.82) is 0 Å². The van der Waals surface area contributed by atoms with E-state index in [2.05, 4.69) is 4.90 Å². The number of likely N-dealkylation sites (tertiary alicyclic amines) is 2. The van der Waals surface area contributed by atoms with Crippen LogP contribution in [0.4, 0.5) is 10.1 Å². The zero-order valence-electron chi connectivity index (χ0n) is 19.9. The molecule has 5 rings (SSSR count).